The van der Waals surface area contributed by atoms with Crippen LogP contribution >= 0.6 is 0 Å². The summed E-state index contributed by atoms with van der Waals surface area (Å²) in [6, 6.07) is -1.27. The highest BCUT2D eigenvalue weighted by Crippen LogP contribution is 2.01. The van der Waals surface area contributed by atoms with Crippen molar-refractivity contribution in [3.8, 4) is 0 Å². The zero-order chi connectivity index (χ0) is 13.4. The van der Waals surface area contributed by atoms with Crippen LogP contribution < -0.4 is 10.6 Å². The van der Waals surface area contributed by atoms with E-state index in [1.165, 1.54) is 0 Å². The van der Waals surface area contributed by atoms with Gasteiger partial charge in [0.15, 0.2) is 0 Å². The topological polar surface area (TPSA) is 81.7 Å². The summed E-state index contributed by atoms with van der Waals surface area (Å²) in [7, 11) is 3.92. The molecular weight excluding hydrogens is 222 g/mol. The van der Waals surface area contributed by atoms with Gasteiger partial charge >= 0.3 is 12.0 Å². The van der Waals surface area contributed by atoms with Gasteiger partial charge in [-0.3, -0.25) is 0 Å². The second kappa shape index (κ2) is 7.89. The van der Waals surface area contributed by atoms with E-state index >= 15 is 0 Å². The summed E-state index contributed by atoms with van der Waals surface area (Å²) in [6.07, 6.45) is 0.833. The lowest BCUT2D eigenvalue weighted by Crippen LogP contribution is -2.48. The van der Waals surface area contributed by atoms with Crippen LogP contribution in [0.5, 0.6) is 0 Å². The number of hydrogen-bond donors (Lipinski definition) is 3. The Morgan fingerprint density at radius 1 is 1.29 bits per heavy atom. The van der Waals surface area contributed by atoms with Crippen molar-refractivity contribution in [2.75, 3.05) is 27.2 Å². The number of carboxylic acids is 1. The molecule has 6 nitrogen and oxygen atoms in total. The van der Waals surface area contributed by atoms with Gasteiger partial charge in [0.25, 0.3) is 0 Å². The van der Waals surface area contributed by atoms with Crippen LogP contribution in [0.2, 0.25) is 0 Å². The minimum atomic E-state index is -1.01. The maximum absolute atomic E-state index is 11.4. The molecule has 0 saturated carbocycles. The molecule has 0 bridgehead atoms. The molecule has 2 amide bonds. The lowest BCUT2D eigenvalue weighted by atomic mass is 10.1. The van der Waals surface area contributed by atoms with Gasteiger partial charge in [-0.2, -0.15) is 0 Å². The van der Waals surface area contributed by atoms with Crippen molar-refractivity contribution in [3.63, 3.8) is 0 Å². The largest absolute Gasteiger partial charge is 0.480 e. The highest BCUT2D eigenvalue weighted by molar-refractivity contribution is 5.82. The van der Waals surface area contributed by atoms with Gasteiger partial charge in [-0.1, -0.05) is 13.8 Å². The Labute approximate surface area is 102 Å². The van der Waals surface area contributed by atoms with E-state index in [-0.39, 0.29) is 5.92 Å². The molecule has 0 saturated heterocycles. The highest BCUT2D eigenvalue weighted by Gasteiger charge is 2.22. The quantitative estimate of drug-likeness (QED) is 0.565. The molecule has 0 aromatic rings. The van der Waals surface area contributed by atoms with Crippen LogP contribution in [-0.4, -0.2) is 55.2 Å². The molecule has 0 aromatic carbocycles. The van der Waals surface area contributed by atoms with Crippen molar-refractivity contribution in [3.05, 3.63) is 0 Å². The molecule has 0 aliphatic heterocycles. The number of carbonyl (C=O) groups is 2. The van der Waals surface area contributed by atoms with E-state index in [1.54, 1.807) is 13.8 Å². The minimum Gasteiger partial charge on any atom is -0.480 e. The third-order valence-electron chi connectivity index (χ3n) is 2.29. The summed E-state index contributed by atoms with van der Waals surface area (Å²) in [4.78, 5) is 24.3. The first-order valence-corrected chi connectivity index (χ1v) is 5.76. The van der Waals surface area contributed by atoms with Gasteiger partial charge in [-0.25, -0.2) is 9.59 Å². The summed E-state index contributed by atoms with van der Waals surface area (Å²) >= 11 is 0. The molecule has 1 atom stereocenters. The van der Waals surface area contributed by atoms with Crippen molar-refractivity contribution >= 4 is 12.0 Å². The normalized spacial score (nSPS) is 12.6. The fourth-order valence-corrected chi connectivity index (χ4v) is 1.30. The number of nitrogens with one attached hydrogen (secondary N) is 2. The second-order valence-corrected chi connectivity index (χ2v) is 4.62. The fraction of sp³-hybridized carbons (Fsp3) is 0.818. The second-order valence-electron chi connectivity index (χ2n) is 4.62. The van der Waals surface area contributed by atoms with Crippen LogP contribution in [0.1, 0.15) is 20.3 Å². The minimum absolute atomic E-state index is 0.139. The number of urea groups is 1. The van der Waals surface area contributed by atoms with E-state index in [1.807, 2.05) is 19.0 Å². The molecule has 0 fully saturated rings. The Kier molecular flexibility index (Phi) is 7.29. The maximum atomic E-state index is 11.4. The monoisotopic (exact) mass is 245 g/mol. The maximum Gasteiger partial charge on any atom is 0.326 e. The first kappa shape index (κ1) is 15.7. The molecule has 0 rings (SSSR count). The van der Waals surface area contributed by atoms with Crippen molar-refractivity contribution in [2.24, 2.45) is 5.92 Å². The van der Waals surface area contributed by atoms with Gasteiger partial charge in [-0.15, -0.1) is 0 Å². The zero-order valence-corrected chi connectivity index (χ0v) is 11.0. The number of nitrogens with zero attached hydrogens (tertiary/aromatic N) is 1. The predicted molar refractivity (Wildman–Crippen MR) is 66.0 cm³/mol. The number of amides is 2. The van der Waals surface area contributed by atoms with Crippen molar-refractivity contribution in [2.45, 2.75) is 26.3 Å². The Morgan fingerprint density at radius 2 is 1.88 bits per heavy atom. The van der Waals surface area contributed by atoms with Gasteiger partial charge < -0.3 is 20.6 Å². The lowest BCUT2D eigenvalue weighted by molar-refractivity contribution is -0.140. The standard InChI is InChI=1S/C11H23N3O3/c1-8(2)9(10(15)16)13-11(17)12-6-5-7-14(3)4/h8-9H,5-7H2,1-4H3,(H,15,16)(H2,12,13,17)/t9-/m1/s1. The average molecular weight is 245 g/mol. The van der Waals surface area contributed by atoms with Crippen molar-refractivity contribution < 1.29 is 14.7 Å². The molecule has 3 N–H and O–H groups in total. The highest BCUT2D eigenvalue weighted by atomic mass is 16.4. The smallest absolute Gasteiger partial charge is 0.326 e. The summed E-state index contributed by atoms with van der Waals surface area (Å²) in [5, 5.41) is 14.0. The molecule has 100 valence electrons. The van der Waals surface area contributed by atoms with Gasteiger partial charge in [-0.05, 0) is 33.0 Å². The first-order chi connectivity index (χ1) is 7.84. The van der Waals surface area contributed by atoms with Gasteiger partial charge in [0.2, 0.25) is 0 Å². The van der Waals surface area contributed by atoms with Crippen LogP contribution in [0, 0.1) is 5.92 Å². The van der Waals surface area contributed by atoms with Crippen LogP contribution in [-0.2, 0) is 4.79 Å². The molecular formula is C11H23N3O3. The van der Waals surface area contributed by atoms with Gasteiger partial charge in [0, 0.05) is 6.54 Å². The molecule has 0 heterocycles. The van der Waals surface area contributed by atoms with Gasteiger partial charge in [0.1, 0.15) is 6.04 Å². The van der Waals surface area contributed by atoms with E-state index in [9.17, 15) is 9.59 Å². The van der Waals surface area contributed by atoms with E-state index in [4.69, 9.17) is 5.11 Å². The van der Waals surface area contributed by atoms with Crippen molar-refractivity contribution in [1.29, 1.82) is 0 Å². The third-order valence-corrected chi connectivity index (χ3v) is 2.29. The van der Waals surface area contributed by atoms with Crippen LogP contribution in [0.4, 0.5) is 4.79 Å². The summed E-state index contributed by atoms with van der Waals surface area (Å²) in [5.74, 6) is -1.15. The summed E-state index contributed by atoms with van der Waals surface area (Å²) < 4.78 is 0. The Morgan fingerprint density at radius 3 is 2.29 bits per heavy atom. The molecule has 0 aromatic heterocycles. The zero-order valence-electron chi connectivity index (χ0n) is 11.0. The van der Waals surface area contributed by atoms with Crippen molar-refractivity contribution in [1.82, 2.24) is 15.5 Å². The number of aliphatic carboxylic acids is 1. The number of carbonyl (C=O) groups excluding carboxylic acids is 1. The third kappa shape index (κ3) is 7.57. The first-order valence-electron chi connectivity index (χ1n) is 5.76. The van der Waals surface area contributed by atoms with Crippen LogP contribution in [0.3, 0.4) is 0 Å². The molecule has 0 aliphatic rings. The van der Waals surface area contributed by atoms with E-state index in [0.29, 0.717) is 6.54 Å². The molecule has 0 aliphatic carbocycles. The lowest BCUT2D eigenvalue weighted by Gasteiger charge is -2.18. The molecule has 6 heteroatoms. The molecule has 0 spiro atoms. The van der Waals surface area contributed by atoms with E-state index in [2.05, 4.69) is 10.6 Å². The Hall–Kier alpha value is -1.30. The summed E-state index contributed by atoms with van der Waals surface area (Å²) in [6.45, 7) is 4.93. The predicted octanol–water partition coefficient (Wildman–Crippen LogP) is 0.347. The number of hydrogen-bond acceptors (Lipinski definition) is 3. The fourth-order valence-electron chi connectivity index (χ4n) is 1.30. The van der Waals surface area contributed by atoms with Gasteiger partial charge in [0.05, 0.1) is 0 Å². The van der Waals surface area contributed by atoms with E-state index in [0.717, 1.165) is 13.0 Å². The van der Waals surface area contributed by atoms with Crippen LogP contribution in [0.25, 0.3) is 0 Å². The Bertz CT molecular complexity index is 254. The summed E-state index contributed by atoms with van der Waals surface area (Å²) in [5.41, 5.74) is 0. The molecule has 17 heavy (non-hydrogen) atoms. The van der Waals surface area contributed by atoms with E-state index < -0.39 is 18.0 Å². The Balaban J connectivity index is 3.87. The molecule has 0 unspecified atom stereocenters. The van der Waals surface area contributed by atoms with Crippen LogP contribution in [0.15, 0.2) is 0 Å². The number of rotatable bonds is 7. The number of carboxylic acid groups (broad SMARTS) is 1. The average Bonchev–Trinajstić information content (AvgIpc) is 2.19. The SMILES string of the molecule is CC(C)[C@@H](NC(=O)NCCCN(C)C)C(=O)O. The molecule has 0 radical (unpaired) electrons.